The maximum atomic E-state index is 13.1. The number of carbonyl (C=O) groups excluding carboxylic acids is 2. The summed E-state index contributed by atoms with van der Waals surface area (Å²) in [6.07, 6.45) is 2.98. The van der Waals surface area contributed by atoms with Gasteiger partial charge in [-0.3, -0.25) is 9.59 Å². The summed E-state index contributed by atoms with van der Waals surface area (Å²) >= 11 is 1.41. The molecule has 164 valence electrons. The van der Waals surface area contributed by atoms with E-state index < -0.39 is 0 Å². The van der Waals surface area contributed by atoms with E-state index in [0.29, 0.717) is 46.4 Å². The molecule has 6 nitrogen and oxygen atoms in total. The Kier molecular flexibility index (Phi) is 6.70. The summed E-state index contributed by atoms with van der Waals surface area (Å²) in [4.78, 5) is 31.1. The van der Waals surface area contributed by atoms with E-state index >= 15 is 0 Å². The molecule has 0 bridgehead atoms. The van der Waals surface area contributed by atoms with Gasteiger partial charge in [-0.05, 0) is 48.4 Å². The molecule has 1 fully saturated rings. The molecule has 0 unspecified atom stereocenters. The lowest BCUT2D eigenvalue weighted by atomic mass is 10.2. The van der Waals surface area contributed by atoms with Gasteiger partial charge in [0.25, 0.3) is 5.91 Å². The number of nitrogens with one attached hydrogen (secondary N) is 1. The highest BCUT2D eigenvalue weighted by Gasteiger charge is 2.24. The molecule has 2 heterocycles. The smallest absolute Gasteiger partial charge is 0.258 e. The number of benzene rings is 2. The molecule has 1 aliphatic rings. The predicted octanol–water partition coefficient (Wildman–Crippen LogP) is 4.90. The van der Waals surface area contributed by atoms with Crippen molar-refractivity contribution in [3.8, 4) is 5.75 Å². The van der Waals surface area contributed by atoms with Crippen molar-refractivity contribution < 1.29 is 18.7 Å². The van der Waals surface area contributed by atoms with Gasteiger partial charge in [0.15, 0.2) is 0 Å². The summed E-state index contributed by atoms with van der Waals surface area (Å²) in [5.74, 6) is 0.566. The standard InChI is InChI=1S/C24H22FN3O3S/c1-31-21-14-18(10-11-20(21)28-13-3-5-22(28)29)27-23(30)19-4-2-12-26-24(19)32-15-16-6-8-17(25)9-7-16/h2,4,6-12,14H,3,5,13,15H2,1H3,(H,27,30). The Labute approximate surface area is 189 Å². The Morgan fingerprint density at radius 1 is 1.22 bits per heavy atom. The molecule has 0 atom stereocenters. The quantitative estimate of drug-likeness (QED) is 0.518. The van der Waals surface area contributed by atoms with E-state index in [1.165, 1.54) is 31.0 Å². The van der Waals surface area contributed by atoms with Crippen LogP contribution in [-0.2, 0) is 10.5 Å². The van der Waals surface area contributed by atoms with Crippen LogP contribution in [0, 0.1) is 5.82 Å². The number of hydrogen-bond acceptors (Lipinski definition) is 5. The van der Waals surface area contributed by atoms with E-state index in [9.17, 15) is 14.0 Å². The SMILES string of the molecule is COc1cc(NC(=O)c2cccnc2SCc2ccc(F)cc2)ccc1N1CCCC1=O. The molecule has 1 aliphatic heterocycles. The Hall–Kier alpha value is -3.39. The van der Waals surface area contributed by atoms with Crippen molar-refractivity contribution in [1.29, 1.82) is 0 Å². The number of ether oxygens (including phenoxy) is 1. The van der Waals surface area contributed by atoms with Crippen molar-refractivity contribution in [1.82, 2.24) is 4.98 Å². The van der Waals surface area contributed by atoms with Crippen LogP contribution in [0.25, 0.3) is 0 Å². The molecule has 3 aromatic rings. The molecule has 32 heavy (non-hydrogen) atoms. The maximum Gasteiger partial charge on any atom is 0.258 e. The van der Waals surface area contributed by atoms with Gasteiger partial charge < -0.3 is 15.0 Å². The van der Waals surface area contributed by atoms with Crippen LogP contribution in [-0.4, -0.2) is 30.5 Å². The lowest BCUT2D eigenvalue weighted by molar-refractivity contribution is -0.117. The number of thioether (sulfide) groups is 1. The summed E-state index contributed by atoms with van der Waals surface area (Å²) in [5, 5.41) is 3.47. The van der Waals surface area contributed by atoms with Crippen molar-refractivity contribution in [2.45, 2.75) is 23.6 Å². The van der Waals surface area contributed by atoms with Gasteiger partial charge in [0.05, 0.1) is 18.4 Å². The van der Waals surface area contributed by atoms with Crippen LogP contribution in [0.5, 0.6) is 5.75 Å². The lowest BCUT2D eigenvalue weighted by Crippen LogP contribution is -2.24. The minimum absolute atomic E-state index is 0.0678. The zero-order chi connectivity index (χ0) is 22.5. The molecular weight excluding hydrogens is 429 g/mol. The van der Waals surface area contributed by atoms with Crippen molar-refractivity contribution in [3.05, 3.63) is 77.7 Å². The Balaban J connectivity index is 1.49. The highest BCUT2D eigenvalue weighted by atomic mass is 32.2. The fourth-order valence-electron chi connectivity index (χ4n) is 3.49. The Morgan fingerprint density at radius 3 is 2.75 bits per heavy atom. The molecule has 1 aromatic heterocycles. The fraction of sp³-hybridized carbons (Fsp3) is 0.208. The largest absolute Gasteiger partial charge is 0.494 e. The molecule has 0 aliphatic carbocycles. The summed E-state index contributed by atoms with van der Waals surface area (Å²) in [6, 6.07) is 14.9. The number of nitrogens with zero attached hydrogens (tertiary/aromatic N) is 2. The van der Waals surface area contributed by atoms with Gasteiger partial charge in [-0.1, -0.05) is 12.1 Å². The zero-order valence-electron chi connectivity index (χ0n) is 17.5. The molecule has 2 aromatic carbocycles. The van der Waals surface area contributed by atoms with Crippen LogP contribution in [0.4, 0.5) is 15.8 Å². The number of pyridine rings is 1. The van der Waals surface area contributed by atoms with Gasteiger partial charge in [0.2, 0.25) is 5.91 Å². The number of rotatable bonds is 7. The number of anilines is 2. The van der Waals surface area contributed by atoms with Gasteiger partial charge in [0.1, 0.15) is 16.6 Å². The van der Waals surface area contributed by atoms with Gasteiger partial charge in [0, 0.05) is 36.7 Å². The van der Waals surface area contributed by atoms with E-state index in [-0.39, 0.29) is 17.6 Å². The molecular formula is C24H22FN3O3S. The van der Waals surface area contributed by atoms with Crippen LogP contribution < -0.4 is 15.0 Å². The summed E-state index contributed by atoms with van der Waals surface area (Å²) < 4.78 is 18.6. The Bertz CT molecular complexity index is 1140. The molecule has 4 rings (SSSR count). The van der Waals surface area contributed by atoms with Crippen molar-refractivity contribution in [3.63, 3.8) is 0 Å². The second-order valence-electron chi connectivity index (χ2n) is 7.26. The minimum atomic E-state index is -0.299. The normalized spacial score (nSPS) is 13.3. The van der Waals surface area contributed by atoms with Crippen LogP contribution >= 0.6 is 11.8 Å². The lowest BCUT2D eigenvalue weighted by Gasteiger charge is -2.19. The molecule has 0 spiro atoms. The van der Waals surface area contributed by atoms with Crippen LogP contribution in [0.1, 0.15) is 28.8 Å². The van der Waals surface area contributed by atoms with Gasteiger partial charge >= 0.3 is 0 Å². The van der Waals surface area contributed by atoms with Gasteiger partial charge in [-0.2, -0.15) is 0 Å². The average Bonchev–Trinajstić information content (AvgIpc) is 3.24. The van der Waals surface area contributed by atoms with E-state index in [1.807, 2.05) is 0 Å². The monoisotopic (exact) mass is 451 g/mol. The second kappa shape index (κ2) is 9.82. The second-order valence-corrected chi connectivity index (χ2v) is 8.22. The molecule has 1 saturated heterocycles. The molecule has 8 heteroatoms. The van der Waals surface area contributed by atoms with Crippen LogP contribution in [0.15, 0.2) is 65.8 Å². The summed E-state index contributed by atoms with van der Waals surface area (Å²) in [5.41, 5.74) is 2.63. The first-order valence-electron chi connectivity index (χ1n) is 10.2. The summed E-state index contributed by atoms with van der Waals surface area (Å²) in [7, 11) is 1.54. The first kappa shape index (κ1) is 21.8. The first-order chi connectivity index (χ1) is 15.5. The maximum absolute atomic E-state index is 13.1. The third-order valence-corrected chi connectivity index (χ3v) is 6.18. The molecule has 2 amide bonds. The summed E-state index contributed by atoms with van der Waals surface area (Å²) in [6.45, 7) is 0.658. The molecule has 0 saturated carbocycles. The average molecular weight is 452 g/mol. The highest BCUT2D eigenvalue weighted by Crippen LogP contribution is 2.34. The molecule has 1 N–H and O–H groups in total. The number of aromatic nitrogens is 1. The molecule has 0 radical (unpaired) electrons. The van der Waals surface area contributed by atoms with Crippen molar-refractivity contribution in [2.24, 2.45) is 0 Å². The number of halogens is 1. The van der Waals surface area contributed by atoms with Gasteiger partial charge in [-0.25, -0.2) is 9.37 Å². The minimum Gasteiger partial charge on any atom is -0.494 e. The first-order valence-corrected chi connectivity index (χ1v) is 11.2. The van der Waals surface area contributed by atoms with E-state index in [0.717, 1.165) is 12.0 Å². The third-order valence-electron chi connectivity index (χ3n) is 5.11. The Morgan fingerprint density at radius 2 is 2.03 bits per heavy atom. The number of amides is 2. The van der Waals surface area contributed by atoms with Gasteiger partial charge in [-0.15, -0.1) is 11.8 Å². The number of hydrogen-bond donors (Lipinski definition) is 1. The van der Waals surface area contributed by atoms with Crippen molar-refractivity contribution in [2.75, 3.05) is 23.9 Å². The highest BCUT2D eigenvalue weighted by molar-refractivity contribution is 7.98. The number of methoxy groups -OCH3 is 1. The van der Waals surface area contributed by atoms with Crippen LogP contribution in [0.3, 0.4) is 0 Å². The van der Waals surface area contributed by atoms with Crippen molar-refractivity contribution >= 4 is 35.0 Å². The zero-order valence-corrected chi connectivity index (χ0v) is 18.3. The number of carbonyl (C=O) groups is 2. The van der Waals surface area contributed by atoms with E-state index in [2.05, 4.69) is 10.3 Å². The van der Waals surface area contributed by atoms with Crippen LogP contribution in [0.2, 0.25) is 0 Å². The van der Waals surface area contributed by atoms with E-state index in [4.69, 9.17) is 4.74 Å². The topological polar surface area (TPSA) is 71.5 Å². The third kappa shape index (κ3) is 4.91. The predicted molar refractivity (Wildman–Crippen MR) is 123 cm³/mol. The fourth-order valence-corrected chi connectivity index (χ4v) is 4.44. The van der Waals surface area contributed by atoms with E-state index in [1.54, 1.807) is 53.6 Å².